The first kappa shape index (κ1) is 14.6. The Hall–Kier alpha value is -1.50. The summed E-state index contributed by atoms with van der Waals surface area (Å²) in [7, 11) is -3.79. The maximum absolute atomic E-state index is 13.4. The second-order valence-corrected chi connectivity index (χ2v) is 5.88. The summed E-state index contributed by atoms with van der Waals surface area (Å²) in [6, 6.07) is 1.81. The smallest absolute Gasteiger partial charge is 0.338 e. The lowest BCUT2D eigenvalue weighted by Gasteiger charge is -2.07. The largest absolute Gasteiger partial charge is 0.478 e. The van der Waals surface area contributed by atoms with Gasteiger partial charge >= 0.3 is 5.97 Å². The fraction of sp³-hybridized carbons (Fsp3) is 0.364. The van der Waals surface area contributed by atoms with Gasteiger partial charge in [0, 0.05) is 0 Å². The van der Waals surface area contributed by atoms with Crippen LogP contribution in [0.5, 0.6) is 0 Å². The Morgan fingerprint density at radius 2 is 2.00 bits per heavy atom. The van der Waals surface area contributed by atoms with Gasteiger partial charge < -0.3 is 5.11 Å². The third kappa shape index (κ3) is 3.04. The Balaban J connectivity index is 3.31. The molecule has 0 saturated carbocycles. The maximum Gasteiger partial charge on any atom is 0.338 e. The monoisotopic (exact) mass is 278 g/mol. The molecule has 4 nitrogen and oxygen atoms in total. The van der Waals surface area contributed by atoms with Gasteiger partial charge in [-0.3, -0.25) is 4.39 Å². The number of carbonyl (C=O) groups is 1. The summed E-state index contributed by atoms with van der Waals surface area (Å²) in [4.78, 5) is 10.5. The molecule has 0 aliphatic heterocycles. The zero-order valence-electron chi connectivity index (χ0n) is 9.61. The maximum atomic E-state index is 13.4. The summed E-state index contributed by atoms with van der Waals surface area (Å²) in [5, 5.41) is 8.76. The van der Waals surface area contributed by atoms with Crippen LogP contribution in [0, 0.1) is 12.7 Å². The van der Waals surface area contributed by atoms with Gasteiger partial charge in [0.1, 0.15) is 5.82 Å². The molecule has 7 heteroatoms. The van der Waals surface area contributed by atoms with Crippen LogP contribution in [0.15, 0.2) is 17.0 Å². The molecule has 1 N–H and O–H groups in total. The van der Waals surface area contributed by atoms with Crippen LogP contribution in [0.25, 0.3) is 0 Å². The van der Waals surface area contributed by atoms with E-state index < -0.39 is 39.6 Å². The summed E-state index contributed by atoms with van der Waals surface area (Å²) in [6.07, 6.45) is -0.179. The minimum atomic E-state index is -3.79. The number of halogens is 2. The average Bonchev–Trinajstić information content (AvgIpc) is 2.29. The van der Waals surface area contributed by atoms with E-state index in [2.05, 4.69) is 0 Å². The fourth-order valence-corrected chi connectivity index (χ4v) is 2.81. The second kappa shape index (κ2) is 5.43. The van der Waals surface area contributed by atoms with Gasteiger partial charge in [0.05, 0.1) is 22.9 Å². The van der Waals surface area contributed by atoms with Gasteiger partial charge in [0.25, 0.3) is 0 Å². The SMILES string of the molecule is Cc1cc(S(=O)(=O)CCCF)cc(C(=O)O)c1F. The zero-order chi connectivity index (χ0) is 13.9. The number of benzene rings is 1. The first-order chi connectivity index (χ1) is 8.29. The van der Waals surface area contributed by atoms with E-state index in [0.717, 1.165) is 12.1 Å². The Kier molecular flexibility index (Phi) is 4.39. The number of carboxylic acid groups (broad SMARTS) is 1. The van der Waals surface area contributed by atoms with Crippen molar-refractivity contribution in [3.8, 4) is 0 Å². The Labute approximate surface area is 103 Å². The van der Waals surface area contributed by atoms with E-state index in [1.807, 2.05) is 0 Å². The summed E-state index contributed by atoms with van der Waals surface area (Å²) in [5.74, 6) is -2.95. The summed E-state index contributed by atoms with van der Waals surface area (Å²) in [6.45, 7) is 0.487. The Bertz CT molecular complexity index is 567. The molecule has 0 fully saturated rings. The Morgan fingerprint density at radius 3 is 2.50 bits per heavy atom. The van der Waals surface area contributed by atoms with E-state index in [9.17, 15) is 22.0 Å². The lowest BCUT2D eigenvalue weighted by Crippen LogP contribution is -2.11. The number of rotatable bonds is 5. The van der Waals surface area contributed by atoms with E-state index >= 15 is 0 Å². The molecule has 1 rings (SSSR count). The zero-order valence-corrected chi connectivity index (χ0v) is 10.4. The van der Waals surface area contributed by atoms with Crippen molar-refractivity contribution in [2.24, 2.45) is 0 Å². The summed E-state index contributed by atoms with van der Waals surface area (Å²) >= 11 is 0. The number of alkyl halides is 1. The van der Waals surface area contributed by atoms with Crippen molar-refractivity contribution in [3.05, 3.63) is 29.1 Å². The fourth-order valence-electron chi connectivity index (χ4n) is 1.43. The molecule has 0 bridgehead atoms. The minimum absolute atomic E-state index is 0.0753. The predicted molar refractivity (Wildman–Crippen MR) is 60.7 cm³/mol. The normalized spacial score (nSPS) is 11.5. The molecule has 0 atom stereocenters. The molecule has 1 aromatic carbocycles. The second-order valence-electron chi connectivity index (χ2n) is 3.77. The van der Waals surface area contributed by atoms with Crippen LogP contribution in [0.1, 0.15) is 22.3 Å². The highest BCUT2D eigenvalue weighted by Crippen LogP contribution is 2.20. The highest BCUT2D eigenvalue weighted by atomic mass is 32.2. The van der Waals surface area contributed by atoms with Gasteiger partial charge in [-0.2, -0.15) is 0 Å². The number of hydrogen-bond acceptors (Lipinski definition) is 3. The first-order valence-corrected chi connectivity index (χ1v) is 6.77. The Morgan fingerprint density at radius 1 is 1.39 bits per heavy atom. The van der Waals surface area contributed by atoms with Crippen molar-refractivity contribution >= 4 is 15.8 Å². The molecule has 0 aliphatic rings. The number of sulfone groups is 1. The van der Waals surface area contributed by atoms with Crippen molar-refractivity contribution in [1.82, 2.24) is 0 Å². The van der Waals surface area contributed by atoms with Crippen molar-refractivity contribution in [2.45, 2.75) is 18.2 Å². The van der Waals surface area contributed by atoms with E-state index in [-0.39, 0.29) is 16.9 Å². The van der Waals surface area contributed by atoms with Crippen LogP contribution in [-0.4, -0.2) is 31.9 Å². The molecule has 0 heterocycles. The minimum Gasteiger partial charge on any atom is -0.478 e. The number of carboxylic acids is 1. The van der Waals surface area contributed by atoms with Gasteiger partial charge in [-0.05, 0) is 31.0 Å². The number of aryl methyl sites for hydroxylation is 1. The van der Waals surface area contributed by atoms with Crippen molar-refractivity contribution < 1.29 is 27.1 Å². The summed E-state index contributed by atoms with van der Waals surface area (Å²) < 4.78 is 48.9. The van der Waals surface area contributed by atoms with Crippen LogP contribution in [-0.2, 0) is 9.84 Å². The predicted octanol–water partition coefficient (Wildman–Crippen LogP) is 1.97. The summed E-state index contributed by atoms with van der Waals surface area (Å²) in [5.41, 5.74) is -0.775. The van der Waals surface area contributed by atoms with Crippen LogP contribution in [0.2, 0.25) is 0 Å². The topological polar surface area (TPSA) is 71.4 Å². The molecular weight excluding hydrogens is 266 g/mol. The lowest BCUT2D eigenvalue weighted by atomic mass is 10.1. The van der Waals surface area contributed by atoms with Gasteiger partial charge in [-0.1, -0.05) is 0 Å². The highest BCUT2D eigenvalue weighted by Gasteiger charge is 2.21. The third-order valence-corrected chi connectivity index (χ3v) is 4.14. The molecule has 18 heavy (non-hydrogen) atoms. The molecular formula is C11H12F2O4S. The molecule has 0 aromatic heterocycles. The molecule has 100 valence electrons. The quantitative estimate of drug-likeness (QED) is 0.836. The molecule has 0 radical (unpaired) electrons. The van der Waals surface area contributed by atoms with E-state index in [4.69, 9.17) is 5.11 Å². The standard InChI is InChI=1S/C11H12F2O4S/c1-7-5-8(18(16,17)4-2-3-12)6-9(10(7)13)11(14)15/h5-6H,2-4H2,1H3,(H,14,15). The van der Waals surface area contributed by atoms with Crippen LogP contribution < -0.4 is 0 Å². The van der Waals surface area contributed by atoms with Gasteiger partial charge in [-0.15, -0.1) is 0 Å². The molecule has 0 spiro atoms. The molecule has 0 aliphatic carbocycles. The van der Waals surface area contributed by atoms with Crippen LogP contribution in [0.4, 0.5) is 8.78 Å². The number of aromatic carboxylic acids is 1. The highest BCUT2D eigenvalue weighted by molar-refractivity contribution is 7.91. The third-order valence-electron chi connectivity index (χ3n) is 2.36. The van der Waals surface area contributed by atoms with Gasteiger partial charge in [-0.25, -0.2) is 17.6 Å². The van der Waals surface area contributed by atoms with Crippen LogP contribution >= 0.6 is 0 Å². The van der Waals surface area contributed by atoms with Crippen LogP contribution in [0.3, 0.4) is 0 Å². The number of hydrogen-bond donors (Lipinski definition) is 1. The van der Waals surface area contributed by atoms with Gasteiger partial charge in [0.15, 0.2) is 9.84 Å². The van der Waals surface area contributed by atoms with Crippen molar-refractivity contribution in [1.29, 1.82) is 0 Å². The molecule has 0 saturated heterocycles. The average molecular weight is 278 g/mol. The van der Waals surface area contributed by atoms with E-state index in [1.54, 1.807) is 0 Å². The van der Waals surface area contributed by atoms with Gasteiger partial charge in [0.2, 0.25) is 0 Å². The van der Waals surface area contributed by atoms with E-state index in [1.165, 1.54) is 6.92 Å². The molecule has 0 unspecified atom stereocenters. The molecule has 1 aromatic rings. The first-order valence-electron chi connectivity index (χ1n) is 5.11. The van der Waals surface area contributed by atoms with Crippen molar-refractivity contribution in [2.75, 3.05) is 12.4 Å². The van der Waals surface area contributed by atoms with Crippen molar-refractivity contribution in [3.63, 3.8) is 0 Å². The molecule has 0 amide bonds. The van der Waals surface area contributed by atoms with E-state index in [0.29, 0.717) is 0 Å². The lowest BCUT2D eigenvalue weighted by molar-refractivity contribution is 0.0691.